The molecular formula is C23H25F3N2O2. The first-order valence-electron chi connectivity index (χ1n) is 10.3. The van der Waals surface area contributed by atoms with Crippen molar-refractivity contribution in [3.05, 3.63) is 71.0 Å². The zero-order chi connectivity index (χ0) is 21.3. The molecule has 4 nitrogen and oxygen atoms in total. The Morgan fingerprint density at radius 3 is 2.33 bits per heavy atom. The number of hydrogen-bond donors (Lipinski definition) is 1. The molecule has 0 saturated carbocycles. The lowest BCUT2D eigenvalue weighted by molar-refractivity contribution is 0.0493. The highest BCUT2D eigenvalue weighted by molar-refractivity contribution is 5.69. The molecule has 30 heavy (non-hydrogen) atoms. The van der Waals surface area contributed by atoms with E-state index in [-0.39, 0.29) is 42.7 Å². The fourth-order valence-corrected chi connectivity index (χ4v) is 4.80. The molecule has 0 aliphatic carbocycles. The van der Waals surface area contributed by atoms with Gasteiger partial charge >= 0.3 is 6.09 Å². The monoisotopic (exact) mass is 418 g/mol. The zero-order valence-corrected chi connectivity index (χ0v) is 16.6. The number of rotatable bonds is 5. The van der Waals surface area contributed by atoms with E-state index in [0.717, 1.165) is 24.5 Å². The molecule has 0 aromatic heterocycles. The van der Waals surface area contributed by atoms with E-state index < -0.39 is 23.5 Å². The molecule has 7 heteroatoms. The molecule has 1 amide bonds. The minimum atomic E-state index is -1.20. The Morgan fingerprint density at radius 2 is 1.67 bits per heavy atom. The van der Waals surface area contributed by atoms with E-state index in [1.54, 1.807) is 0 Å². The molecule has 0 spiro atoms. The van der Waals surface area contributed by atoms with Gasteiger partial charge < -0.3 is 15.4 Å². The number of piperidine rings is 1. The number of nitrogens with zero attached hydrogens (tertiary/aromatic N) is 1. The van der Waals surface area contributed by atoms with Crippen LogP contribution in [-0.2, 0) is 17.8 Å². The van der Waals surface area contributed by atoms with Crippen molar-refractivity contribution in [2.75, 3.05) is 0 Å². The van der Waals surface area contributed by atoms with Crippen LogP contribution in [0.3, 0.4) is 0 Å². The van der Waals surface area contributed by atoms with Crippen LogP contribution in [0.1, 0.15) is 36.8 Å². The maximum Gasteiger partial charge on any atom is 0.410 e. The standard InChI is InChI=1S/C23H25F3N2O2/c24-19-12-21(26)20(25)10-15(19)11-22(27)16-8-17-6-7-18(9-16)28(17)23(29)30-13-14-4-2-1-3-5-14/h1-5,10,12,16-18,22H,6-9,11,13,27H2/t16?,17-,18+,22-/m1/s1. The molecule has 2 heterocycles. The van der Waals surface area contributed by atoms with Gasteiger partial charge in [-0.05, 0) is 55.2 Å². The first kappa shape index (κ1) is 20.7. The molecule has 2 aromatic carbocycles. The van der Waals surface area contributed by atoms with Crippen molar-refractivity contribution >= 4 is 6.09 Å². The van der Waals surface area contributed by atoms with Crippen molar-refractivity contribution in [2.45, 2.75) is 56.8 Å². The van der Waals surface area contributed by atoms with Gasteiger partial charge in [0.1, 0.15) is 12.4 Å². The lowest BCUT2D eigenvalue weighted by Gasteiger charge is -2.40. The van der Waals surface area contributed by atoms with Gasteiger partial charge in [0.25, 0.3) is 0 Å². The predicted molar refractivity (Wildman–Crippen MR) is 106 cm³/mol. The number of ether oxygens (including phenoxy) is 1. The van der Waals surface area contributed by atoms with Gasteiger partial charge in [0, 0.05) is 24.2 Å². The molecule has 0 radical (unpaired) electrons. The van der Waals surface area contributed by atoms with Crippen LogP contribution in [0.25, 0.3) is 0 Å². The van der Waals surface area contributed by atoms with Crippen molar-refractivity contribution in [2.24, 2.45) is 11.7 Å². The maximum atomic E-state index is 14.0. The minimum Gasteiger partial charge on any atom is -0.445 e. The molecule has 2 aliphatic rings. The molecule has 2 saturated heterocycles. The predicted octanol–water partition coefficient (Wildman–Crippen LogP) is 4.55. The Kier molecular flexibility index (Phi) is 5.99. The second kappa shape index (κ2) is 8.68. The third-order valence-corrected chi connectivity index (χ3v) is 6.34. The van der Waals surface area contributed by atoms with Crippen LogP contribution in [0.4, 0.5) is 18.0 Å². The second-order valence-electron chi connectivity index (χ2n) is 8.29. The van der Waals surface area contributed by atoms with E-state index in [9.17, 15) is 18.0 Å². The van der Waals surface area contributed by atoms with Gasteiger partial charge in [-0.15, -0.1) is 0 Å². The average Bonchev–Trinajstić information content (AvgIpc) is 3.00. The van der Waals surface area contributed by atoms with Crippen molar-refractivity contribution in [3.63, 3.8) is 0 Å². The second-order valence-corrected chi connectivity index (χ2v) is 8.29. The number of carbonyl (C=O) groups is 1. The normalized spacial score (nSPS) is 24.0. The average molecular weight is 418 g/mol. The van der Waals surface area contributed by atoms with Gasteiger partial charge in [0.05, 0.1) is 0 Å². The van der Waals surface area contributed by atoms with Crippen LogP contribution < -0.4 is 5.73 Å². The molecular weight excluding hydrogens is 393 g/mol. The molecule has 4 atom stereocenters. The summed E-state index contributed by atoms with van der Waals surface area (Å²) in [5.41, 5.74) is 7.34. The van der Waals surface area contributed by atoms with Gasteiger partial charge in [-0.1, -0.05) is 30.3 Å². The number of carbonyl (C=O) groups excluding carboxylic acids is 1. The van der Waals surface area contributed by atoms with E-state index in [1.807, 2.05) is 35.2 Å². The summed E-state index contributed by atoms with van der Waals surface area (Å²) in [5.74, 6) is -2.98. The van der Waals surface area contributed by atoms with E-state index in [1.165, 1.54) is 0 Å². The van der Waals surface area contributed by atoms with Gasteiger partial charge in [0.2, 0.25) is 0 Å². The third-order valence-electron chi connectivity index (χ3n) is 6.34. The first-order valence-corrected chi connectivity index (χ1v) is 10.3. The summed E-state index contributed by atoms with van der Waals surface area (Å²) in [4.78, 5) is 14.5. The lowest BCUT2D eigenvalue weighted by Crippen LogP contribution is -2.50. The summed E-state index contributed by atoms with van der Waals surface area (Å²) in [6, 6.07) is 10.7. The highest BCUT2D eigenvalue weighted by Gasteiger charge is 2.45. The summed E-state index contributed by atoms with van der Waals surface area (Å²) in [7, 11) is 0. The van der Waals surface area contributed by atoms with Crippen molar-refractivity contribution in [1.29, 1.82) is 0 Å². The Bertz CT molecular complexity index is 895. The zero-order valence-electron chi connectivity index (χ0n) is 16.6. The largest absolute Gasteiger partial charge is 0.445 e. The lowest BCUT2D eigenvalue weighted by atomic mass is 9.83. The Labute approximate surface area is 173 Å². The number of benzene rings is 2. The van der Waals surface area contributed by atoms with Crippen molar-refractivity contribution in [3.8, 4) is 0 Å². The smallest absolute Gasteiger partial charge is 0.410 e. The molecule has 1 unspecified atom stereocenters. The number of hydrogen-bond acceptors (Lipinski definition) is 3. The number of nitrogens with two attached hydrogens (primary N) is 1. The van der Waals surface area contributed by atoms with Crippen molar-refractivity contribution < 1.29 is 22.7 Å². The number of halogens is 3. The highest BCUT2D eigenvalue weighted by atomic mass is 19.2. The van der Waals surface area contributed by atoms with Gasteiger partial charge in [0.15, 0.2) is 11.6 Å². The Morgan fingerprint density at radius 1 is 1.03 bits per heavy atom. The van der Waals surface area contributed by atoms with E-state index >= 15 is 0 Å². The molecule has 2 fully saturated rings. The summed E-state index contributed by atoms with van der Waals surface area (Å²) >= 11 is 0. The SMILES string of the molecule is N[C@H](Cc1cc(F)c(F)cc1F)C1C[C@H]2CC[C@@H](C1)N2C(=O)OCc1ccccc1. The molecule has 4 rings (SSSR count). The van der Waals surface area contributed by atoms with Crippen LogP contribution in [-0.4, -0.2) is 29.1 Å². The summed E-state index contributed by atoms with van der Waals surface area (Å²) in [6.07, 6.45) is 2.98. The maximum absolute atomic E-state index is 14.0. The van der Waals surface area contributed by atoms with Crippen molar-refractivity contribution in [1.82, 2.24) is 4.90 Å². The van der Waals surface area contributed by atoms with Gasteiger partial charge in [-0.3, -0.25) is 0 Å². The van der Waals surface area contributed by atoms with E-state index in [0.29, 0.717) is 18.9 Å². The van der Waals surface area contributed by atoms with Crippen LogP contribution in [0, 0.1) is 23.4 Å². The van der Waals surface area contributed by atoms with E-state index in [2.05, 4.69) is 0 Å². The van der Waals surface area contributed by atoms with Crippen LogP contribution >= 0.6 is 0 Å². The minimum absolute atomic E-state index is 0.0397. The molecule has 2 aromatic rings. The number of amides is 1. The molecule has 2 aliphatic heterocycles. The summed E-state index contributed by atoms with van der Waals surface area (Å²) in [5, 5.41) is 0. The molecule has 2 N–H and O–H groups in total. The van der Waals surface area contributed by atoms with E-state index in [4.69, 9.17) is 10.5 Å². The van der Waals surface area contributed by atoms with Crippen LogP contribution in [0.15, 0.2) is 42.5 Å². The van der Waals surface area contributed by atoms with Gasteiger partial charge in [-0.2, -0.15) is 0 Å². The van der Waals surface area contributed by atoms with Crippen LogP contribution in [0.5, 0.6) is 0 Å². The van der Waals surface area contributed by atoms with Gasteiger partial charge in [-0.25, -0.2) is 18.0 Å². The quantitative estimate of drug-likeness (QED) is 0.725. The molecule has 2 bridgehead atoms. The Balaban J connectivity index is 1.36. The third kappa shape index (κ3) is 4.31. The fourth-order valence-electron chi connectivity index (χ4n) is 4.80. The van der Waals surface area contributed by atoms with Crippen LogP contribution in [0.2, 0.25) is 0 Å². The first-order chi connectivity index (χ1) is 14.4. The summed E-state index contributed by atoms with van der Waals surface area (Å²) in [6.45, 7) is 0.230. The highest BCUT2D eigenvalue weighted by Crippen LogP contribution is 2.40. The topological polar surface area (TPSA) is 55.6 Å². The molecule has 160 valence electrons. The fraction of sp³-hybridized carbons (Fsp3) is 0.435. The number of fused-ring (bicyclic) bond motifs is 2. The summed E-state index contributed by atoms with van der Waals surface area (Å²) < 4.78 is 46.1. The Hall–Kier alpha value is -2.54.